The van der Waals surface area contributed by atoms with Gasteiger partial charge in [-0.2, -0.15) is 0 Å². The lowest BCUT2D eigenvalue weighted by Gasteiger charge is -2.40. The lowest BCUT2D eigenvalue weighted by molar-refractivity contribution is -0.149. The molecule has 2 saturated carbocycles. The van der Waals surface area contributed by atoms with E-state index in [1.165, 1.54) is 6.42 Å². The summed E-state index contributed by atoms with van der Waals surface area (Å²) in [6, 6.07) is 0.202. The second-order valence-corrected chi connectivity index (χ2v) is 7.95. The van der Waals surface area contributed by atoms with Crippen molar-refractivity contribution in [1.29, 1.82) is 0 Å². The molecule has 21 heavy (non-hydrogen) atoms. The number of carbonyl (C=O) groups is 2. The van der Waals surface area contributed by atoms with Crippen LogP contribution in [0.4, 0.5) is 0 Å². The number of rotatable bonds is 3. The highest BCUT2D eigenvalue weighted by Crippen LogP contribution is 2.39. The van der Waals surface area contributed by atoms with Gasteiger partial charge in [-0.1, -0.05) is 33.6 Å². The summed E-state index contributed by atoms with van der Waals surface area (Å²) in [4.78, 5) is 23.9. The molecular formula is C17H29NO3. The fraction of sp³-hybridized carbons (Fsp3) is 0.882. The van der Waals surface area contributed by atoms with Gasteiger partial charge in [-0.25, -0.2) is 0 Å². The van der Waals surface area contributed by atoms with Gasteiger partial charge in [0.25, 0.3) is 0 Å². The molecule has 2 aliphatic carbocycles. The Labute approximate surface area is 127 Å². The maximum atomic E-state index is 12.5. The van der Waals surface area contributed by atoms with Crippen LogP contribution in [0.2, 0.25) is 0 Å². The van der Waals surface area contributed by atoms with E-state index in [0.29, 0.717) is 18.8 Å². The molecule has 120 valence electrons. The van der Waals surface area contributed by atoms with E-state index < -0.39 is 11.9 Å². The Morgan fingerprint density at radius 1 is 1.10 bits per heavy atom. The van der Waals surface area contributed by atoms with E-state index in [2.05, 4.69) is 26.1 Å². The van der Waals surface area contributed by atoms with Gasteiger partial charge in [0.1, 0.15) is 0 Å². The van der Waals surface area contributed by atoms with E-state index in [0.717, 1.165) is 25.7 Å². The quantitative estimate of drug-likeness (QED) is 0.840. The van der Waals surface area contributed by atoms with Gasteiger partial charge < -0.3 is 10.4 Å². The summed E-state index contributed by atoms with van der Waals surface area (Å²) < 4.78 is 0. The molecule has 4 atom stereocenters. The SMILES string of the molecule is C[C@@H]1C[C@H](NC(=O)[C@H]2CCCC[C@H]2C(=O)O)CC(C)(C)C1. The largest absolute Gasteiger partial charge is 0.481 e. The van der Waals surface area contributed by atoms with Crippen molar-refractivity contribution in [2.24, 2.45) is 23.2 Å². The molecular weight excluding hydrogens is 266 g/mol. The highest BCUT2D eigenvalue weighted by atomic mass is 16.4. The van der Waals surface area contributed by atoms with Gasteiger partial charge >= 0.3 is 5.97 Å². The van der Waals surface area contributed by atoms with Crippen molar-refractivity contribution in [2.45, 2.75) is 71.8 Å². The van der Waals surface area contributed by atoms with Crippen molar-refractivity contribution in [3.05, 3.63) is 0 Å². The monoisotopic (exact) mass is 295 g/mol. The Balaban J connectivity index is 1.98. The smallest absolute Gasteiger partial charge is 0.307 e. The van der Waals surface area contributed by atoms with Crippen molar-refractivity contribution >= 4 is 11.9 Å². The first-order chi connectivity index (χ1) is 9.78. The summed E-state index contributed by atoms with van der Waals surface area (Å²) in [5.74, 6) is -1.06. The van der Waals surface area contributed by atoms with E-state index in [4.69, 9.17) is 0 Å². The fourth-order valence-electron chi connectivity index (χ4n) is 4.50. The first-order valence-electron chi connectivity index (χ1n) is 8.32. The lowest BCUT2D eigenvalue weighted by atomic mass is 9.70. The van der Waals surface area contributed by atoms with Crippen LogP contribution in [0.1, 0.15) is 65.7 Å². The Morgan fingerprint density at radius 2 is 1.71 bits per heavy atom. The number of carboxylic acids is 1. The third kappa shape index (κ3) is 4.21. The van der Waals surface area contributed by atoms with Crippen LogP contribution in [0.5, 0.6) is 0 Å². The summed E-state index contributed by atoms with van der Waals surface area (Å²) >= 11 is 0. The Morgan fingerprint density at radius 3 is 2.29 bits per heavy atom. The number of amides is 1. The normalized spacial score (nSPS) is 36.0. The molecule has 0 aromatic rings. The number of hydrogen-bond acceptors (Lipinski definition) is 2. The molecule has 0 spiro atoms. The zero-order chi connectivity index (χ0) is 15.6. The zero-order valence-corrected chi connectivity index (χ0v) is 13.5. The molecule has 2 fully saturated rings. The van der Waals surface area contributed by atoms with E-state index in [1.807, 2.05) is 0 Å². The van der Waals surface area contributed by atoms with Crippen LogP contribution >= 0.6 is 0 Å². The zero-order valence-electron chi connectivity index (χ0n) is 13.5. The van der Waals surface area contributed by atoms with Gasteiger partial charge in [0.05, 0.1) is 11.8 Å². The highest BCUT2D eigenvalue weighted by molar-refractivity contribution is 5.85. The molecule has 0 heterocycles. The maximum Gasteiger partial charge on any atom is 0.307 e. The molecule has 0 aromatic heterocycles. The van der Waals surface area contributed by atoms with Crippen molar-refractivity contribution in [2.75, 3.05) is 0 Å². The topological polar surface area (TPSA) is 66.4 Å². The molecule has 1 amide bonds. The van der Waals surface area contributed by atoms with Crippen LogP contribution in [0.3, 0.4) is 0 Å². The Hall–Kier alpha value is -1.06. The first kappa shape index (κ1) is 16.3. The molecule has 0 saturated heterocycles. The van der Waals surface area contributed by atoms with Crippen molar-refractivity contribution in [3.8, 4) is 0 Å². The van der Waals surface area contributed by atoms with Crippen LogP contribution in [0.25, 0.3) is 0 Å². The summed E-state index contributed by atoms with van der Waals surface area (Å²) in [6.45, 7) is 6.74. The molecule has 0 bridgehead atoms. The molecule has 0 aromatic carbocycles. The summed E-state index contributed by atoms with van der Waals surface area (Å²) in [6.07, 6.45) is 6.45. The maximum absolute atomic E-state index is 12.5. The van der Waals surface area contributed by atoms with Gasteiger partial charge in [-0.3, -0.25) is 9.59 Å². The van der Waals surface area contributed by atoms with Crippen LogP contribution in [0, 0.1) is 23.2 Å². The minimum atomic E-state index is -0.813. The minimum Gasteiger partial charge on any atom is -0.481 e. The van der Waals surface area contributed by atoms with E-state index in [9.17, 15) is 14.7 Å². The van der Waals surface area contributed by atoms with Crippen LogP contribution in [0.15, 0.2) is 0 Å². The number of carboxylic acid groups (broad SMARTS) is 1. The van der Waals surface area contributed by atoms with Gasteiger partial charge in [0.2, 0.25) is 5.91 Å². The number of nitrogens with one attached hydrogen (secondary N) is 1. The van der Waals surface area contributed by atoms with Gasteiger partial charge in [-0.15, -0.1) is 0 Å². The van der Waals surface area contributed by atoms with Gasteiger partial charge in [0, 0.05) is 6.04 Å². The van der Waals surface area contributed by atoms with Crippen LogP contribution in [-0.4, -0.2) is 23.0 Å². The predicted octanol–water partition coefficient (Wildman–Crippen LogP) is 3.21. The highest BCUT2D eigenvalue weighted by Gasteiger charge is 2.38. The molecule has 2 N–H and O–H groups in total. The molecule has 2 rings (SSSR count). The van der Waals surface area contributed by atoms with Gasteiger partial charge in [0.15, 0.2) is 0 Å². The van der Waals surface area contributed by atoms with E-state index in [1.54, 1.807) is 0 Å². The molecule has 0 radical (unpaired) electrons. The van der Waals surface area contributed by atoms with Crippen LogP contribution in [-0.2, 0) is 9.59 Å². The molecule has 4 nitrogen and oxygen atoms in total. The average Bonchev–Trinajstić information content (AvgIpc) is 2.36. The van der Waals surface area contributed by atoms with E-state index in [-0.39, 0.29) is 23.3 Å². The summed E-state index contributed by atoms with van der Waals surface area (Å²) in [5, 5.41) is 12.5. The fourth-order valence-corrected chi connectivity index (χ4v) is 4.50. The lowest BCUT2D eigenvalue weighted by Crippen LogP contribution is -2.47. The molecule has 0 aliphatic heterocycles. The van der Waals surface area contributed by atoms with Crippen LogP contribution < -0.4 is 5.32 Å². The van der Waals surface area contributed by atoms with Crippen molar-refractivity contribution < 1.29 is 14.7 Å². The average molecular weight is 295 g/mol. The minimum absolute atomic E-state index is 0.0306. The Kier molecular flexibility index (Phi) is 4.95. The number of aliphatic carboxylic acids is 1. The second kappa shape index (κ2) is 6.37. The molecule has 4 heteroatoms. The number of hydrogen-bond donors (Lipinski definition) is 2. The molecule has 2 aliphatic rings. The third-order valence-corrected chi connectivity index (χ3v) is 5.15. The van der Waals surface area contributed by atoms with E-state index >= 15 is 0 Å². The van der Waals surface area contributed by atoms with Crippen molar-refractivity contribution in [3.63, 3.8) is 0 Å². The van der Waals surface area contributed by atoms with Gasteiger partial charge in [-0.05, 0) is 43.4 Å². The number of carbonyl (C=O) groups excluding carboxylic acids is 1. The second-order valence-electron chi connectivity index (χ2n) is 7.95. The Bertz CT molecular complexity index is 405. The standard InChI is InChI=1S/C17H29NO3/c1-11-8-12(10-17(2,3)9-11)18-15(19)13-6-4-5-7-14(13)16(20)21/h11-14H,4-10H2,1-3H3,(H,18,19)(H,20,21)/t11-,12+,13+,14-/m1/s1. The third-order valence-electron chi connectivity index (χ3n) is 5.15. The van der Waals surface area contributed by atoms with Crippen molar-refractivity contribution in [1.82, 2.24) is 5.32 Å². The summed E-state index contributed by atoms with van der Waals surface area (Å²) in [5.41, 5.74) is 0.258. The predicted molar refractivity (Wildman–Crippen MR) is 81.8 cm³/mol. The first-order valence-corrected chi connectivity index (χ1v) is 8.32. The molecule has 0 unspecified atom stereocenters. The summed E-state index contributed by atoms with van der Waals surface area (Å²) in [7, 11) is 0.